The first-order valence-electron chi connectivity index (χ1n) is 7.95. The fourth-order valence-corrected chi connectivity index (χ4v) is 3.16. The number of hydrogen-bond acceptors (Lipinski definition) is 6. The fourth-order valence-electron chi connectivity index (χ4n) is 2.61. The van der Waals surface area contributed by atoms with E-state index in [0.29, 0.717) is 11.6 Å². The van der Waals surface area contributed by atoms with Crippen molar-refractivity contribution in [3.63, 3.8) is 0 Å². The lowest BCUT2D eigenvalue weighted by Crippen LogP contribution is -1.98. The highest BCUT2D eigenvalue weighted by atomic mass is 32.1. The molecular formula is C20H14N4S2. The zero-order valence-corrected chi connectivity index (χ0v) is 15.4. The highest BCUT2D eigenvalue weighted by Crippen LogP contribution is 2.27. The molecule has 0 aliphatic heterocycles. The van der Waals surface area contributed by atoms with Gasteiger partial charge in [0.1, 0.15) is 0 Å². The Morgan fingerprint density at radius 1 is 0.538 bits per heavy atom. The van der Waals surface area contributed by atoms with E-state index in [1.807, 2.05) is 60.7 Å². The maximum atomic E-state index is 4.63. The van der Waals surface area contributed by atoms with Crippen LogP contribution in [0.5, 0.6) is 0 Å². The van der Waals surface area contributed by atoms with Gasteiger partial charge in [0.25, 0.3) is 0 Å². The molecule has 0 bridgehead atoms. The van der Waals surface area contributed by atoms with E-state index in [9.17, 15) is 0 Å². The Labute approximate surface area is 162 Å². The van der Waals surface area contributed by atoms with Crippen molar-refractivity contribution < 1.29 is 0 Å². The first-order chi connectivity index (χ1) is 12.7. The van der Waals surface area contributed by atoms with Crippen LogP contribution in [0.3, 0.4) is 0 Å². The summed E-state index contributed by atoms with van der Waals surface area (Å²) in [6, 6.07) is 19.3. The molecule has 26 heavy (non-hydrogen) atoms. The Morgan fingerprint density at radius 3 is 1.38 bits per heavy atom. The zero-order chi connectivity index (χ0) is 17.9. The normalized spacial score (nSPS) is 10.7. The molecule has 2 aromatic heterocycles. The van der Waals surface area contributed by atoms with Gasteiger partial charge in [0.05, 0.1) is 11.4 Å². The van der Waals surface area contributed by atoms with Crippen LogP contribution < -0.4 is 0 Å². The molecule has 4 nitrogen and oxygen atoms in total. The molecule has 0 atom stereocenters. The topological polar surface area (TPSA) is 51.6 Å². The predicted molar refractivity (Wildman–Crippen MR) is 108 cm³/mol. The summed E-state index contributed by atoms with van der Waals surface area (Å²) < 4.78 is 0. The van der Waals surface area contributed by atoms with Gasteiger partial charge in [-0.1, -0.05) is 36.4 Å². The molecule has 0 aliphatic carbocycles. The fraction of sp³-hybridized carbons (Fsp3) is 0. The second-order valence-electron chi connectivity index (χ2n) is 5.57. The van der Waals surface area contributed by atoms with Gasteiger partial charge in [-0.05, 0) is 24.3 Å². The molecule has 0 aliphatic rings. The molecule has 0 saturated carbocycles. The van der Waals surface area contributed by atoms with Gasteiger partial charge in [0.15, 0.2) is 11.6 Å². The van der Waals surface area contributed by atoms with Gasteiger partial charge in [-0.3, -0.25) is 0 Å². The van der Waals surface area contributed by atoms with E-state index in [-0.39, 0.29) is 0 Å². The minimum absolute atomic E-state index is 0.470. The van der Waals surface area contributed by atoms with Crippen LogP contribution in [-0.2, 0) is 0 Å². The summed E-state index contributed by atoms with van der Waals surface area (Å²) in [4.78, 5) is 19.7. The molecule has 4 rings (SSSR count). The number of aromatic nitrogens is 4. The quantitative estimate of drug-likeness (QED) is 0.504. The number of benzene rings is 2. The monoisotopic (exact) mass is 374 g/mol. The maximum absolute atomic E-state index is 4.63. The summed E-state index contributed by atoms with van der Waals surface area (Å²) in [7, 11) is 0. The van der Waals surface area contributed by atoms with Crippen LogP contribution in [0.1, 0.15) is 0 Å². The lowest BCUT2D eigenvalue weighted by Gasteiger charge is -2.07. The third kappa shape index (κ3) is 3.34. The number of thiol groups is 2. The highest BCUT2D eigenvalue weighted by Gasteiger charge is 2.11. The van der Waals surface area contributed by atoms with Gasteiger partial charge in [0, 0.05) is 33.3 Å². The van der Waals surface area contributed by atoms with Gasteiger partial charge < -0.3 is 0 Å². The van der Waals surface area contributed by atoms with Crippen molar-refractivity contribution in [3.8, 4) is 34.2 Å². The minimum atomic E-state index is 0.470. The van der Waals surface area contributed by atoms with Gasteiger partial charge in [0.2, 0.25) is 0 Å². The Hall–Kier alpha value is -2.70. The smallest absolute Gasteiger partial charge is 0.198 e. The van der Waals surface area contributed by atoms with Gasteiger partial charge in [-0.25, -0.2) is 19.9 Å². The van der Waals surface area contributed by atoms with Crippen molar-refractivity contribution >= 4 is 25.3 Å². The van der Waals surface area contributed by atoms with Crippen LogP contribution in [0.25, 0.3) is 34.2 Å². The SMILES string of the molecule is Sc1ccccc1-c1ccnc(-c2nccc(-c3ccccc3S)n2)n1. The average molecular weight is 374 g/mol. The average Bonchev–Trinajstić information content (AvgIpc) is 2.69. The Balaban J connectivity index is 1.78. The van der Waals surface area contributed by atoms with Gasteiger partial charge in [-0.2, -0.15) is 0 Å². The summed E-state index contributed by atoms with van der Waals surface area (Å²) in [5, 5.41) is 0. The molecule has 126 valence electrons. The molecule has 2 aromatic carbocycles. The van der Waals surface area contributed by atoms with E-state index in [0.717, 1.165) is 32.3 Å². The zero-order valence-electron chi connectivity index (χ0n) is 13.6. The van der Waals surface area contributed by atoms with E-state index in [4.69, 9.17) is 0 Å². The van der Waals surface area contributed by atoms with Crippen LogP contribution in [-0.4, -0.2) is 19.9 Å². The summed E-state index contributed by atoms with van der Waals surface area (Å²) in [6.07, 6.45) is 3.42. The van der Waals surface area contributed by atoms with Crippen molar-refractivity contribution in [1.82, 2.24) is 19.9 Å². The summed E-state index contributed by atoms with van der Waals surface area (Å²) >= 11 is 9.01. The summed E-state index contributed by atoms with van der Waals surface area (Å²) in [5.41, 5.74) is 3.45. The van der Waals surface area contributed by atoms with Gasteiger partial charge >= 0.3 is 0 Å². The van der Waals surface area contributed by atoms with Crippen molar-refractivity contribution in [2.75, 3.05) is 0 Å². The summed E-state index contributed by atoms with van der Waals surface area (Å²) in [6.45, 7) is 0. The first-order valence-corrected chi connectivity index (χ1v) is 8.85. The largest absolute Gasteiger partial charge is 0.234 e. The molecule has 0 fully saturated rings. The van der Waals surface area contributed by atoms with Crippen molar-refractivity contribution in [1.29, 1.82) is 0 Å². The Kier molecular flexibility index (Phi) is 4.69. The molecule has 0 radical (unpaired) electrons. The lowest BCUT2D eigenvalue weighted by atomic mass is 10.1. The Bertz CT molecular complexity index is 995. The third-order valence-corrected chi connectivity index (χ3v) is 4.65. The van der Waals surface area contributed by atoms with Crippen LogP contribution in [0.2, 0.25) is 0 Å². The molecule has 2 heterocycles. The molecule has 4 aromatic rings. The molecule has 0 amide bonds. The van der Waals surface area contributed by atoms with Crippen LogP contribution in [0.15, 0.2) is 82.8 Å². The molecule has 0 saturated heterocycles. The molecule has 0 spiro atoms. The van der Waals surface area contributed by atoms with Crippen molar-refractivity contribution in [2.24, 2.45) is 0 Å². The minimum Gasteiger partial charge on any atom is -0.234 e. The number of hydrogen-bond donors (Lipinski definition) is 2. The predicted octanol–water partition coefficient (Wildman–Crippen LogP) is 4.85. The molecule has 0 N–H and O–H groups in total. The second kappa shape index (κ2) is 7.27. The van der Waals surface area contributed by atoms with E-state index in [2.05, 4.69) is 45.2 Å². The second-order valence-corrected chi connectivity index (χ2v) is 6.53. The van der Waals surface area contributed by atoms with Crippen LogP contribution >= 0.6 is 25.3 Å². The lowest BCUT2D eigenvalue weighted by molar-refractivity contribution is 1.08. The maximum Gasteiger partial charge on any atom is 0.198 e. The molecule has 0 unspecified atom stereocenters. The van der Waals surface area contributed by atoms with E-state index in [1.54, 1.807) is 12.4 Å². The summed E-state index contributed by atoms with van der Waals surface area (Å²) in [5.74, 6) is 0.940. The van der Waals surface area contributed by atoms with E-state index >= 15 is 0 Å². The Morgan fingerprint density at radius 2 is 0.962 bits per heavy atom. The van der Waals surface area contributed by atoms with E-state index < -0.39 is 0 Å². The van der Waals surface area contributed by atoms with Crippen LogP contribution in [0, 0.1) is 0 Å². The van der Waals surface area contributed by atoms with Crippen molar-refractivity contribution in [2.45, 2.75) is 9.79 Å². The van der Waals surface area contributed by atoms with Gasteiger partial charge in [-0.15, -0.1) is 25.3 Å². The molecule has 6 heteroatoms. The van der Waals surface area contributed by atoms with Crippen LogP contribution in [0.4, 0.5) is 0 Å². The number of rotatable bonds is 3. The third-order valence-electron chi connectivity index (χ3n) is 3.87. The highest BCUT2D eigenvalue weighted by molar-refractivity contribution is 7.80. The standard InChI is InChI=1S/C20H14N4S2/c25-17-7-3-1-5-13(17)15-9-11-21-19(23-15)20-22-12-10-16(24-20)14-6-2-4-8-18(14)26/h1-12,25-26H. The number of nitrogens with zero attached hydrogens (tertiary/aromatic N) is 4. The first kappa shape index (κ1) is 16.8. The molecular weight excluding hydrogens is 360 g/mol. The van der Waals surface area contributed by atoms with Crippen molar-refractivity contribution in [3.05, 3.63) is 73.1 Å². The van der Waals surface area contributed by atoms with E-state index in [1.165, 1.54) is 0 Å².